The van der Waals surface area contributed by atoms with Gasteiger partial charge in [0.15, 0.2) is 5.82 Å². The van der Waals surface area contributed by atoms with Gasteiger partial charge in [0.05, 0.1) is 6.54 Å². The summed E-state index contributed by atoms with van der Waals surface area (Å²) in [5.74, 6) is 0.620. The fourth-order valence-electron chi connectivity index (χ4n) is 1.37. The highest BCUT2D eigenvalue weighted by molar-refractivity contribution is 5.92. The van der Waals surface area contributed by atoms with E-state index in [0.29, 0.717) is 17.4 Å². The molecule has 0 fully saturated rings. The molecule has 7 nitrogen and oxygen atoms in total. The van der Waals surface area contributed by atoms with Crippen molar-refractivity contribution in [1.82, 2.24) is 20.4 Å². The largest absolute Gasteiger partial charge is 0.388 e. The quantitative estimate of drug-likeness (QED) is 0.828. The van der Waals surface area contributed by atoms with Gasteiger partial charge >= 0.3 is 0 Å². The molecule has 0 aromatic carbocycles. The summed E-state index contributed by atoms with van der Waals surface area (Å²) in [5.41, 5.74) is 1.16. The smallest absolute Gasteiger partial charge is 0.270 e. The summed E-state index contributed by atoms with van der Waals surface area (Å²) in [6.45, 7) is 1.90. The van der Waals surface area contributed by atoms with Crippen LogP contribution < -0.4 is 10.6 Å². The second-order valence-electron chi connectivity index (χ2n) is 3.59. The van der Waals surface area contributed by atoms with Crippen molar-refractivity contribution in [3.8, 4) is 0 Å². The van der Waals surface area contributed by atoms with Gasteiger partial charge in [0.1, 0.15) is 5.69 Å². The zero-order valence-corrected chi connectivity index (χ0v) is 10.1. The Bertz CT molecular complexity index is 552. The maximum Gasteiger partial charge on any atom is 0.270 e. The first-order valence-corrected chi connectivity index (χ1v) is 5.40. The Hall–Kier alpha value is -2.44. The lowest BCUT2D eigenvalue weighted by Crippen LogP contribution is -2.24. The number of carbonyl (C=O) groups is 1. The van der Waals surface area contributed by atoms with Crippen molar-refractivity contribution in [2.24, 2.45) is 0 Å². The Morgan fingerprint density at radius 1 is 1.50 bits per heavy atom. The number of amides is 1. The second-order valence-corrected chi connectivity index (χ2v) is 3.59. The van der Waals surface area contributed by atoms with Gasteiger partial charge in [0, 0.05) is 25.9 Å². The minimum atomic E-state index is -0.283. The van der Waals surface area contributed by atoms with Crippen molar-refractivity contribution in [2.75, 3.05) is 12.4 Å². The van der Waals surface area contributed by atoms with Crippen molar-refractivity contribution in [3.63, 3.8) is 0 Å². The summed E-state index contributed by atoms with van der Waals surface area (Å²) >= 11 is 0. The molecule has 0 aliphatic heterocycles. The molecule has 2 heterocycles. The normalized spacial score (nSPS) is 10.1. The molecule has 2 N–H and O–H groups in total. The average molecular weight is 247 g/mol. The Balaban J connectivity index is 1.99. The third-order valence-electron chi connectivity index (χ3n) is 2.26. The minimum Gasteiger partial charge on any atom is -0.388 e. The van der Waals surface area contributed by atoms with E-state index in [2.05, 4.69) is 25.8 Å². The molecule has 18 heavy (non-hydrogen) atoms. The van der Waals surface area contributed by atoms with E-state index in [9.17, 15) is 4.79 Å². The van der Waals surface area contributed by atoms with Gasteiger partial charge in [-0.2, -0.15) is 4.98 Å². The van der Waals surface area contributed by atoms with Gasteiger partial charge < -0.3 is 15.2 Å². The molecule has 0 radical (unpaired) electrons. The molecule has 7 heteroatoms. The summed E-state index contributed by atoms with van der Waals surface area (Å²) in [4.78, 5) is 19.8. The van der Waals surface area contributed by atoms with Crippen LogP contribution in [0.4, 0.5) is 5.69 Å². The number of aryl methyl sites for hydroxylation is 1. The van der Waals surface area contributed by atoms with Crippen LogP contribution in [0.1, 0.15) is 22.2 Å². The molecule has 0 spiro atoms. The van der Waals surface area contributed by atoms with Crippen molar-refractivity contribution in [2.45, 2.75) is 13.5 Å². The van der Waals surface area contributed by atoms with Gasteiger partial charge in [-0.3, -0.25) is 9.78 Å². The molecule has 2 aromatic heterocycles. The molecule has 2 rings (SSSR count). The van der Waals surface area contributed by atoms with E-state index in [0.717, 1.165) is 5.69 Å². The predicted octanol–water partition coefficient (Wildman–Crippen LogP) is 0.745. The number of nitrogens with one attached hydrogen (secondary N) is 2. The lowest BCUT2D eigenvalue weighted by Gasteiger charge is -2.04. The van der Waals surface area contributed by atoms with Crippen molar-refractivity contribution in [1.29, 1.82) is 0 Å². The SMILES string of the molecule is CNc1ccnc(C(=O)NCc2noc(C)n2)c1. The Kier molecular flexibility index (Phi) is 3.52. The summed E-state index contributed by atoms with van der Waals surface area (Å²) in [6.07, 6.45) is 1.57. The molecule has 0 aliphatic rings. The van der Waals surface area contributed by atoms with Gasteiger partial charge in [-0.1, -0.05) is 5.16 Å². The molecule has 0 saturated carbocycles. The lowest BCUT2D eigenvalue weighted by molar-refractivity contribution is 0.0944. The molecular weight excluding hydrogens is 234 g/mol. The number of pyridine rings is 1. The fraction of sp³-hybridized carbons (Fsp3) is 0.273. The standard InChI is InChI=1S/C11H13N5O2/c1-7-15-10(16-18-7)6-14-11(17)9-5-8(12-2)3-4-13-9/h3-5H,6H2,1-2H3,(H,12,13)(H,14,17). The van der Waals surface area contributed by atoms with Crippen LogP contribution in [0.25, 0.3) is 0 Å². The molecule has 0 bridgehead atoms. The summed E-state index contributed by atoms with van der Waals surface area (Å²) in [6, 6.07) is 3.44. The summed E-state index contributed by atoms with van der Waals surface area (Å²) in [5, 5.41) is 9.29. The van der Waals surface area contributed by atoms with Crippen LogP contribution in [0.2, 0.25) is 0 Å². The van der Waals surface area contributed by atoms with E-state index in [1.165, 1.54) is 0 Å². The number of carbonyl (C=O) groups excluding carboxylic acids is 1. The van der Waals surface area contributed by atoms with Gasteiger partial charge in [-0.05, 0) is 12.1 Å². The predicted molar refractivity (Wildman–Crippen MR) is 64.0 cm³/mol. The molecule has 0 aliphatic carbocycles. The molecule has 1 amide bonds. The van der Waals surface area contributed by atoms with E-state index >= 15 is 0 Å². The first-order valence-electron chi connectivity index (χ1n) is 5.40. The molecule has 0 unspecified atom stereocenters. The number of hydrogen-bond donors (Lipinski definition) is 2. The molecule has 0 atom stereocenters. The Morgan fingerprint density at radius 3 is 3.00 bits per heavy atom. The monoisotopic (exact) mass is 247 g/mol. The first kappa shape index (κ1) is 12.0. The van der Waals surface area contributed by atoms with Crippen molar-refractivity contribution in [3.05, 3.63) is 35.7 Å². The lowest BCUT2D eigenvalue weighted by atomic mass is 10.3. The summed E-state index contributed by atoms with van der Waals surface area (Å²) in [7, 11) is 1.78. The Labute approximate surface area is 104 Å². The average Bonchev–Trinajstić information content (AvgIpc) is 2.82. The van der Waals surface area contributed by atoms with E-state index in [1.807, 2.05) is 0 Å². The van der Waals surface area contributed by atoms with Gasteiger partial charge in [0.2, 0.25) is 5.89 Å². The highest BCUT2D eigenvalue weighted by Gasteiger charge is 2.09. The highest BCUT2D eigenvalue weighted by atomic mass is 16.5. The number of aromatic nitrogens is 3. The number of nitrogens with zero attached hydrogens (tertiary/aromatic N) is 3. The topological polar surface area (TPSA) is 92.9 Å². The fourth-order valence-corrected chi connectivity index (χ4v) is 1.37. The first-order chi connectivity index (χ1) is 8.69. The van der Waals surface area contributed by atoms with E-state index in [-0.39, 0.29) is 12.5 Å². The third kappa shape index (κ3) is 2.82. The Morgan fingerprint density at radius 2 is 2.33 bits per heavy atom. The van der Waals surface area contributed by atoms with Crippen LogP contribution >= 0.6 is 0 Å². The van der Waals surface area contributed by atoms with Crippen LogP contribution in [-0.2, 0) is 6.54 Å². The molecule has 0 saturated heterocycles. The zero-order chi connectivity index (χ0) is 13.0. The van der Waals surface area contributed by atoms with Crippen LogP contribution in [-0.4, -0.2) is 28.1 Å². The van der Waals surface area contributed by atoms with E-state index in [4.69, 9.17) is 4.52 Å². The molecule has 2 aromatic rings. The number of anilines is 1. The second kappa shape index (κ2) is 5.26. The van der Waals surface area contributed by atoms with Crippen molar-refractivity contribution >= 4 is 11.6 Å². The maximum absolute atomic E-state index is 11.8. The van der Waals surface area contributed by atoms with E-state index < -0.39 is 0 Å². The minimum absolute atomic E-state index is 0.210. The molecule has 94 valence electrons. The molecular formula is C11H13N5O2. The zero-order valence-electron chi connectivity index (χ0n) is 10.1. The maximum atomic E-state index is 11.8. The number of rotatable bonds is 4. The van der Waals surface area contributed by atoms with Gasteiger partial charge in [-0.15, -0.1) is 0 Å². The van der Waals surface area contributed by atoms with Crippen LogP contribution in [0.5, 0.6) is 0 Å². The van der Waals surface area contributed by atoms with Gasteiger partial charge in [-0.25, -0.2) is 0 Å². The third-order valence-corrected chi connectivity index (χ3v) is 2.26. The van der Waals surface area contributed by atoms with Crippen molar-refractivity contribution < 1.29 is 9.32 Å². The van der Waals surface area contributed by atoms with Crippen LogP contribution in [0.3, 0.4) is 0 Å². The number of hydrogen-bond acceptors (Lipinski definition) is 6. The van der Waals surface area contributed by atoms with E-state index in [1.54, 1.807) is 32.3 Å². The van der Waals surface area contributed by atoms with Crippen LogP contribution in [0, 0.1) is 6.92 Å². The van der Waals surface area contributed by atoms with Gasteiger partial charge in [0.25, 0.3) is 5.91 Å². The summed E-state index contributed by atoms with van der Waals surface area (Å²) < 4.78 is 4.80. The van der Waals surface area contributed by atoms with Crippen LogP contribution in [0.15, 0.2) is 22.9 Å². The highest BCUT2D eigenvalue weighted by Crippen LogP contribution is 2.06.